The number of nitrogens with zero attached hydrogens (tertiary/aromatic N) is 1. The molecule has 0 aromatic heterocycles. The molecule has 1 N–H and O–H groups in total. The third kappa shape index (κ3) is 5.75. The predicted octanol–water partition coefficient (Wildman–Crippen LogP) is 4.76. The zero-order valence-corrected chi connectivity index (χ0v) is 14.8. The Morgan fingerprint density at radius 1 is 1.14 bits per heavy atom. The van der Waals surface area contributed by atoms with Crippen molar-refractivity contribution >= 4 is 0 Å². The van der Waals surface area contributed by atoms with Crippen molar-refractivity contribution < 1.29 is 0 Å². The van der Waals surface area contributed by atoms with Gasteiger partial charge in [-0.2, -0.15) is 0 Å². The third-order valence-corrected chi connectivity index (χ3v) is 5.30. The zero-order chi connectivity index (χ0) is 15.6. The average Bonchev–Trinajstić information content (AvgIpc) is 2.50. The van der Waals surface area contributed by atoms with Crippen LogP contribution < -0.4 is 5.32 Å². The van der Waals surface area contributed by atoms with Gasteiger partial charge in [-0.3, -0.25) is 0 Å². The summed E-state index contributed by atoms with van der Waals surface area (Å²) in [6, 6.07) is 0.663. The Balaban J connectivity index is 2.61. The molecule has 1 saturated carbocycles. The van der Waals surface area contributed by atoms with Gasteiger partial charge in [0.15, 0.2) is 0 Å². The maximum absolute atomic E-state index is 3.89. The zero-order valence-electron chi connectivity index (χ0n) is 14.8. The van der Waals surface area contributed by atoms with E-state index < -0.39 is 0 Å². The van der Waals surface area contributed by atoms with Gasteiger partial charge >= 0.3 is 0 Å². The van der Waals surface area contributed by atoms with Gasteiger partial charge in [0.05, 0.1) is 0 Å². The summed E-state index contributed by atoms with van der Waals surface area (Å²) in [5.41, 5.74) is 0.395. The Labute approximate surface area is 133 Å². The molecule has 0 heterocycles. The molecule has 0 aromatic rings. The van der Waals surface area contributed by atoms with Crippen molar-refractivity contribution in [3.8, 4) is 0 Å². The van der Waals surface area contributed by atoms with Gasteiger partial charge in [-0.05, 0) is 59.2 Å². The molecule has 1 atom stereocenters. The van der Waals surface area contributed by atoms with Gasteiger partial charge in [-0.15, -0.1) is 6.58 Å². The lowest BCUT2D eigenvalue weighted by atomic mass is 9.73. The number of allylic oxidation sites excluding steroid dienone is 1. The van der Waals surface area contributed by atoms with Crippen LogP contribution in [0.4, 0.5) is 0 Å². The van der Waals surface area contributed by atoms with Gasteiger partial charge in [0.25, 0.3) is 0 Å². The molecule has 21 heavy (non-hydrogen) atoms. The van der Waals surface area contributed by atoms with E-state index >= 15 is 0 Å². The number of rotatable bonds is 11. The first kappa shape index (κ1) is 18.7. The Kier molecular flexibility index (Phi) is 9.26. The van der Waals surface area contributed by atoms with Crippen molar-refractivity contribution in [2.75, 3.05) is 20.6 Å². The topological polar surface area (TPSA) is 15.3 Å². The standard InChI is InChI=1S/C19H38N2/c1-5-7-8-9-11-14-18(20-17-6-2)19(21(3)4)15-12-10-13-16-19/h5,18,20H,1,6-17H2,2-4H3. The van der Waals surface area contributed by atoms with Gasteiger partial charge < -0.3 is 10.2 Å². The summed E-state index contributed by atoms with van der Waals surface area (Å²) in [5.74, 6) is 0. The van der Waals surface area contributed by atoms with E-state index in [9.17, 15) is 0 Å². The molecule has 0 spiro atoms. The second-order valence-corrected chi connectivity index (χ2v) is 6.99. The van der Waals surface area contributed by atoms with Crippen LogP contribution in [0.15, 0.2) is 12.7 Å². The first-order valence-corrected chi connectivity index (χ1v) is 9.19. The summed E-state index contributed by atoms with van der Waals surface area (Å²) in [7, 11) is 4.59. The molecule has 0 amide bonds. The van der Waals surface area contributed by atoms with Gasteiger partial charge in [0, 0.05) is 11.6 Å². The van der Waals surface area contributed by atoms with Crippen molar-refractivity contribution in [1.29, 1.82) is 0 Å². The molecule has 0 aromatic carbocycles. The van der Waals surface area contributed by atoms with E-state index in [1.807, 2.05) is 0 Å². The monoisotopic (exact) mass is 294 g/mol. The number of unbranched alkanes of at least 4 members (excludes halogenated alkanes) is 3. The van der Waals surface area contributed by atoms with Gasteiger partial charge in [-0.1, -0.05) is 45.1 Å². The van der Waals surface area contributed by atoms with Crippen LogP contribution in [-0.2, 0) is 0 Å². The molecule has 124 valence electrons. The number of hydrogen-bond acceptors (Lipinski definition) is 2. The van der Waals surface area contributed by atoms with Crippen LogP contribution in [0.2, 0.25) is 0 Å². The lowest BCUT2D eigenvalue weighted by Crippen LogP contribution is -2.60. The molecule has 1 aliphatic carbocycles. The summed E-state index contributed by atoms with van der Waals surface area (Å²) in [4.78, 5) is 2.53. The van der Waals surface area contributed by atoms with Crippen LogP contribution in [0.25, 0.3) is 0 Å². The van der Waals surface area contributed by atoms with E-state index in [1.165, 1.54) is 70.6 Å². The molecule has 0 aliphatic heterocycles. The van der Waals surface area contributed by atoms with Crippen molar-refractivity contribution in [1.82, 2.24) is 10.2 Å². The molecule has 1 rings (SSSR count). The summed E-state index contributed by atoms with van der Waals surface area (Å²) in [6.07, 6.45) is 16.8. The molecule has 2 heteroatoms. The van der Waals surface area contributed by atoms with Crippen molar-refractivity contribution in [2.45, 2.75) is 89.1 Å². The minimum Gasteiger partial charge on any atom is -0.312 e. The van der Waals surface area contributed by atoms with E-state index in [0.717, 1.165) is 6.54 Å². The Morgan fingerprint density at radius 2 is 1.86 bits per heavy atom. The number of nitrogens with one attached hydrogen (secondary N) is 1. The van der Waals surface area contributed by atoms with Crippen LogP contribution in [-0.4, -0.2) is 37.1 Å². The molecule has 0 radical (unpaired) electrons. The minimum absolute atomic E-state index is 0.395. The SMILES string of the molecule is C=CCCCCCC(NCCC)C1(N(C)C)CCCCC1. The van der Waals surface area contributed by atoms with Crippen LogP contribution in [0.5, 0.6) is 0 Å². The number of likely N-dealkylation sites (N-methyl/N-ethyl adjacent to an activating group) is 1. The second kappa shape index (κ2) is 10.4. The van der Waals surface area contributed by atoms with E-state index in [-0.39, 0.29) is 0 Å². The first-order valence-electron chi connectivity index (χ1n) is 9.19. The van der Waals surface area contributed by atoms with E-state index in [1.54, 1.807) is 0 Å². The fourth-order valence-corrected chi connectivity index (χ4v) is 3.96. The van der Waals surface area contributed by atoms with Gasteiger partial charge in [-0.25, -0.2) is 0 Å². The summed E-state index contributed by atoms with van der Waals surface area (Å²) < 4.78 is 0. The summed E-state index contributed by atoms with van der Waals surface area (Å²) in [5, 5.41) is 3.89. The average molecular weight is 295 g/mol. The maximum Gasteiger partial charge on any atom is 0.0356 e. The fraction of sp³-hybridized carbons (Fsp3) is 0.895. The number of hydrogen-bond donors (Lipinski definition) is 1. The normalized spacial score (nSPS) is 19.6. The van der Waals surface area contributed by atoms with Crippen molar-refractivity contribution in [3.05, 3.63) is 12.7 Å². The van der Waals surface area contributed by atoms with Crippen LogP contribution in [0.1, 0.15) is 77.6 Å². The van der Waals surface area contributed by atoms with Crippen LogP contribution in [0, 0.1) is 0 Å². The quantitative estimate of drug-likeness (QED) is 0.437. The highest BCUT2D eigenvalue weighted by atomic mass is 15.2. The third-order valence-electron chi connectivity index (χ3n) is 5.30. The maximum atomic E-state index is 3.89. The molecule has 1 fully saturated rings. The minimum atomic E-state index is 0.395. The van der Waals surface area contributed by atoms with E-state index in [4.69, 9.17) is 0 Å². The van der Waals surface area contributed by atoms with Crippen molar-refractivity contribution in [2.24, 2.45) is 0 Å². The highest BCUT2D eigenvalue weighted by Gasteiger charge is 2.40. The lowest BCUT2D eigenvalue weighted by Gasteiger charge is -2.49. The van der Waals surface area contributed by atoms with Gasteiger partial charge in [0.1, 0.15) is 0 Å². The molecule has 2 nitrogen and oxygen atoms in total. The highest BCUT2D eigenvalue weighted by Crippen LogP contribution is 2.37. The second-order valence-electron chi connectivity index (χ2n) is 6.99. The molecule has 0 saturated heterocycles. The Morgan fingerprint density at radius 3 is 2.43 bits per heavy atom. The summed E-state index contributed by atoms with van der Waals surface area (Å²) in [6.45, 7) is 7.26. The fourth-order valence-electron chi connectivity index (χ4n) is 3.96. The van der Waals surface area contributed by atoms with Gasteiger partial charge in [0.2, 0.25) is 0 Å². The van der Waals surface area contributed by atoms with Crippen LogP contribution in [0.3, 0.4) is 0 Å². The smallest absolute Gasteiger partial charge is 0.0356 e. The van der Waals surface area contributed by atoms with E-state index in [0.29, 0.717) is 11.6 Å². The van der Waals surface area contributed by atoms with Crippen LogP contribution >= 0.6 is 0 Å². The first-order chi connectivity index (χ1) is 10.2. The Bertz CT molecular complexity index is 267. The highest BCUT2D eigenvalue weighted by molar-refractivity contribution is 5.00. The molecule has 1 aliphatic rings. The van der Waals surface area contributed by atoms with Crippen molar-refractivity contribution in [3.63, 3.8) is 0 Å². The Hall–Kier alpha value is -0.340. The molecule has 1 unspecified atom stereocenters. The summed E-state index contributed by atoms with van der Waals surface area (Å²) >= 11 is 0. The van der Waals surface area contributed by atoms with E-state index in [2.05, 4.69) is 43.9 Å². The largest absolute Gasteiger partial charge is 0.312 e. The molecule has 0 bridgehead atoms. The predicted molar refractivity (Wildman–Crippen MR) is 94.9 cm³/mol. The molecular weight excluding hydrogens is 256 g/mol. The lowest BCUT2D eigenvalue weighted by molar-refractivity contribution is 0.0524. The molecular formula is C19H38N2.